The summed E-state index contributed by atoms with van der Waals surface area (Å²) in [5.41, 5.74) is 4.03. The van der Waals surface area contributed by atoms with Gasteiger partial charge in [-0.25, -0.2) is 0 Å². The summed E-state index contributed by atoms with van der Waals surface area (Å²) in [7, 11) is 0. The van der Waals surface area contributed by atoms with E-state index in [-0.39, 0.29) is 23.1 Å². The van der Waals surface area contributed by atoms with Gasteiger partial charge in [-0.05, 0) is 68.6 Å². The fourth-order valence-corrected chi connectivity index (χ4v) is 5.37. The summed E-state index contributed by atoms with van der Waals surface area (Å²) in [6, 6.07) is 2.21. The van der Waals surface area contributed by atoms with E-state index in [2.05, 4.69) is 4.98 Å². The Bertz CT molecular complexity index is 982. The van der Waals surface area contributed by atoms with Crippen molar-refractivity contribution in [1.82, 2.24) is 9.97 Å². The number of alkyl halides is 3. The number of ether oxygens (including phenoxy) is 1. The molecule has 1 N–H and O–H groups in total. The van der Waals surface area contributed by atoms with Gasteiger partial charge in [0.15, 0.2) is 0 Å². The van der Waals surface area contributed by atoms with Gasteiger partial charge in [0.1, 0.15) is 6.10 Å². The molecule has 0 aromatic carbocycles. The first kappa shape index (κ1) is 23.2. The Kier molecular flexibility index (Phi) is 6.09. The van der Waals surface area contributed by atoms with E-state index in [1.807, 2.05) is 27.7 Å². The molecule has 0 bridgehead atoms. The van der Waals surface area contributed by atoms with Crippen molar-refractivity contribution in [3.8, 4) is 0 Å². The van der Waals surface area contributed by atoms with Crippen LogP contribution in [0.3, 0.4) is 0 Å². The molecule has 1 fully saturated rings. The Morgan fingerprint density at radius 2 is 1.97 bits per heavy atom. The molecular weight excluding hydrogens is 417 g/mol. The van der Waals surface area contributed by atoms with Crippen LogP contribution in [0.1, 0.15) is 104 Å². The van der Waals surface area contributed by atoms with E-state index in [1.165, 1.54) is 25.3 Å². The lowest BCUT2D eigenvalue weighted by Crippen LogP contribution is -2.39. The Balaban J connectivity index is 1.81. The van der Waals surface area contributed by atoms with Crippen LogP contribution in [0.2, 0.25) is 0 Å². The number of aliphatic hydroxyl groups is 1. The van der Waals surface area contributed by atoms with Crippen molar-refractivity contribution in [2.75, 3.05) is 6.61 Å². The highest BCUT2D eigenvalue weighted by molar-refractivity contribution is 5.47. The highest BCUT2D eigenvalue weighted by Gasteiger charge is 2.45. The molecule has 174 valence electrons. The lowest BCUT2D eigenvalue weighted by atomic mass is 9.59. The third-order valence-electron chi connectivity index (χ3n) is 7.13. The second kappa shape index (κ2) is 8.41. The average molecular weight is 449 g/mol. The van der Waals surface area contributed by atoms with Gasteiger partial charge in [-0.1, -0.05) is 20.3 Å². The highest BCUT2D eigenvalue weighted by Crippen LogP contribution is 2.55. The number of hydrogen-bond donors (Lipinski definition) is 1. The predicted molar refractivity (Wildman–Crippen MR) is 115 cm³/mol. The molecule has 32 heavy (non-hydrogen) atoms. The molecule has 2 aliphatic carbocycles. The second-order valence-corrected chi connectivity index (χ2v) is 9.60. The van der Waals surface area contributed by atoms with Crippen LogP contribution >= 0.6 is 0 Å². The Morgan fingerprint density at radius 1 is 1.25 bits per heavy atom. The van der Waals surface area contributed by atoms with Gasteiger partial charge in [-0.15, -0.1) is 0 Å². The molecule has 0 aliphatic heterocycles. The van der Waals surface area contributed by atoms with E-state index < -0.39 is 17.8 Å². The molecule has 4 rings (SSSR count). The molecule has 1 unspecified atom stereocenters. The largest absolute Gasteiger partial charge is 0.417 e. The van der Waals surface area contributed by atoms with Gasteiger partial charge in [0.25, 0.3) is 0 Å². The molecule has 2 atom stereocenters. The topological polar surface area (TPSA) is 55.2 Å². The molecule has 2 aromatic heterocycles. The van der Waals surface area contributed by atoms with Crippen molar-refractivity contribution < 1.29 is 23.0 Å². The summed E-state index contributed by atoms with van der Waals surface area (Å²) in [6.07, 6.45) is 0.552. The minimum atomic E-state index is -4.47. The Morgan fingerprint density at radius 3 is 2.47 bits per heavy atom. The first-order valence-corrected chi connectivity index (χ1v) is 11.4. The Hall–Kier alpha value is -1.99. The van der Waals surface area contributed by atoms with Crippen LogP contribution in [-0.4, -0.2) is 21.7 Å². The van der Waals surface area contributed by atoms with Gasteiger partial charge in [0.2, 0.25) is 0 Å². The third-order valence-corrected chi connectivity index (χ3v) is 7.13. The van der Waals surface area contributed by atoms with E-state index in [4.69, 9.17) is 9.72 Å². The van der Waals surface area contributed by atoms with Crippen molar-refractivity contribution in [3.63, 3.8) is 0 Å². The summed E-state index contributed by atoms with van der Waals surface area (Å²) in [5.74, 6) is 0.0444. The predicted octanol–water partition coefficient (Wildman–Crippen LogP) is 6.20. The number of fused-ring (bicyclic) bond motifs is 1. The third kappa shape index (κ3) is 4.05. The molecule has 7 heteroatoms. The van der Waals surface area contributed by atoms with E-state index in [9.17, 15) is 18.3 Å². The van der Waals surface area contributed by atoms with Crippen LogP contribution in [0.25, 0.3) is 0 Å². The summed E-state index contributed by atoms with van der Waals surface area (Å²) < 4.78 is 45.0. The SMILES string of the molecule is CCOC1CC2(CCC2)Cc2nc(C(C)C)c([C@@H](O)c3ccc(C(F)(F)F)cn3)c(C)c21. The first-order chi connectivity index (χ1) is 15.1. The smallest absolute Gasteiger partial charge is 0.382 e. The number of hydrogen-bond acceptors (Lipinski definition) is 4. The van der Waals surface area contributed by atoms with Gasteiger partial charge >= 0.3 is 6.18 Å². The van der Waals surface area contributed by atoms with Gasteiger partial charge < -0.3 is 9.84 Å². The normalized spacial score (nSPS) is 20.8. The van der Waals surface area contributed by atoms with Crippen molar-refractivity contribution in [3.05, 3.63) is 57.7 Å². The van der Waals surface area contributed by atoms with Crippen molar-refractivity contribution in [2.24, 2.45) is 5.41 Å². The lowest BCUT2D eigenvalue weighted by molar-refractivity contribution is -0.137. The molecule has 4 nitrogen and oxygen atoms in total. The lowest BCUT2D eigenvalue weighted by Gasteiger charge is -2.48. The minimum absolute atomic E-state index is 0.0444. The van der Waals surface area contributed by atoms with E-state index in [1.54, 1.807) is 0 Å². The fourth-order valence-electron chi connectivity index (χ4n) is 5.37. The zero-order valence-corrected chi connectivity index (χ0v) is 19.1. The molecule has 2 aliphatic rings. The maximum absolute atomic E-state index is 13.0. The summed E-state index contributed by atoms with van der Waals surface area (Å²) in [4.78, 5) is 8.99. The number of pyridine rings is 2. The Labute approximate surface area is 187 Å². The van der Waals surface area contributed by atoms with Crippen LogP contribution < -0.4 is 0 Å². The summed E-state index contributed by atoms with van der Waals surface area (Å²) >= 11 is 0. The van der Waals surface area contributed by atoms with Gasteiger partial charge in [-0.3, -0.25) is 9.97 Å². The maximum Gasteiger partial charge on any atom is 0.417 e. The van der Waals surface area contributed by atoms with Crippen LogP contribution in [-0.2, 0) is 17.3 Å². The monoisotopic (exact) mass is 448 g/mol. The number of rotatable bonds is 5. The van der Waals surface area contributed by atoms with Gasteiger partial charge in [0.05, 0.1) is 17.4 Å². The van der Waals surface area contributed by atoms with Gasteiger partial charge in [-0.2, -0.15) is 13.2 Å². The van der Waals surface area contributed by atoms with Crippen LogP contribution in [0.4, 0.5) is 13.2 Å². The van der Waals surface area contributed by atoms with Crippen LogP contribution in [0, 0.1) is 12.3 Å². The van der Waals surface area contributed by atoms with Crippen LogP contribution in [0.15, 0.2) is 18.3 Å². The van der Waals surface area contributed by atoms with Crippen LogP contribution in [0.5, 0.6) is 0 Å². The molecule has 0 saturated heterocycles. The number of aromatic nitrogens is 2. The van der Waals surface area contributed by atoms with E-state index >= 15 is 0 Å². The average Bonchev–Trinajstić information content (AvgIpc) is 2.71. The van der Waals surface area contributed by atoms with E-state index in [0.29, 0.717) is 12.2 Å². The summed E-state index contributed by atoms with van der Waals surface area (Å²) in [6.45, 7) is 8.58. The number of halogens is 3. The molecule has 0 amide bonds. The highest BCUT2D eigenvalue weighted by atomic mass is 19.4. The molecule has 1 saturated carbocycles. The van der Waals surface area contributed by atoms with E-state index in [0.717, 1.165) is 47.6 Å². The molecule has 2 heterocycles. The minimum Gasteiger partial charge on any atom is -0.382 e. The molecule has 1 spiro atoms. The standard InChI is InChI=1S/C25H31F3N2O2/c1-5-32-19-12-24(9-6-10-24)11-18-20(19)15(4)21(22(30-18)14(2)3)23(31)17-8-7-16(13-29-17)25(26,27)28/h7-8,13-14,19,23,31H,5-6,9-12H2,1-4H3/t19?,23-/m0/s1. The van der Waals surface area contributed by atoms with Crippen molar-refractivity contribution >= 4 is 0 Å². The maximum atomic E-state index is 13.0. The first-order valence-electron chi connectivity index (χ1n) is 11.4. The quantitative estimate of drug-likeness (QED) is 0.591. The molecular formula is C25H31F3N2O2. The van der Waals surface area contributed by atoms with Gasteiger partial charge in [0, 0.05) is 35.3 Å². The molecule has 0 radical (unpaired) electrons. The summed E-state index contributed by atoms with van der Waals surface area (Å²) in [5, 5.41) is 11.2. The second-order valence-electron chi connectivity index (χ2n) is 9.60. The number of aliphatic hydroxyl groups excluding tert-OH is 1. The fraction of sp³-hybridized carbons (Fsp3) is 0.600. The van der Waals surface area contributed by atoms with Crippen molar-refractivity contribution in [1.29, 1.82) is 0 Å². The van der Waals surface area contributed by atoms with Crippen molar-refractivity contribution in [2.45, 2.75) is 84.1 Å². The number of nitrogens with zero attached hydrogens (tertiary/aromatic N) is 2. The zero-order valence-electron chi connectivity index (χ0n) is 19.1. The molecule has 2 aromatic rings. The zero-order chi connectivity index (χ0) is 23.3.